The molecule has 5 aromatic rings. The number of aliphatic hydroxyl groups excluding tert-OH is 1. The topological polar surface area (TPSA) is 132 Å². The van der Waals surface area contributed by atoms with E-state index in [4.69, 9.17) is 59.6 Å². The molecule has 0 atom stereocenters. The number of benzene rings is 5. The summed E-state index contributed by atoms with van der Waals surface area (Å²) in [5, 5.41) is 19.5. The van der Waals surface area contributed by atoms with Crippen molar-refractivity contribution in [3.05, 3.63) is 173 Å². The third-order valence-corrected chi connectivity index (χ3v) is 15.9. The first-order chi connectivity index (χ1) is 50.8. The Morgan fingerprint density at radius 1 is 0.569 bits per heavy atom. The van der Waals surface area contributed by atoms with Gasteiger partial charge in [-0.1, -0.05) is 269 Å². The minimum Gasteiger partial charge on any atom is -1.00 e. The normalized spacial score (nSPS) is 9.96. The second-order valence-electron chi connectivity index (χ2n) is 23.8. The van der Waals surface area contributed by atoms with Crippen molar-refractivity contribution in [2.24, 2.45) is 0 Å². The number of rotatable bonds is 36. The van der Waals surface area contributed by atoms with Crippen LogP contribution in [-0.4, -0.2) is 111 Å². The number of nitrogens with zero attached hydrogens (tertiary/aromatic N) is 2. The molecule has 1 heterocycles. The zero-order valence-corrected chi connectivity index (χ0v) is 85.0. The van der Waals surface area contributed by atoms with E-state index in [0.29, 0.717) is 49.3 Å². The monoisotopic (exact) mass is 1960 g/mol. The molecule has 1 fully saturated rings. The SMILES string of the molecule is BrP(Br)Br.C#CCN(CC#C)CC#C.C#CC[N+](CC#C)(CC#C)Cc1ccc(OCCCCCCCCCCCC)cc1.C1CCOC1.CCCCCCCCCCCCBr.Cc1ccc(C=O)cc1.Cc1ccc(CBr)cc1.Cc1ccc(CO)cc1.O=Cc1ccc(O)cc1.[2H]C(=O)OO[CH-]F.[B].[Br-].[H-].[K+].[K+].[Na+]. The Morgan fingerprint density at radius 3 is 1.20 bits per heavy atom. The van der Waals surface area contributed by atoms with Gasteiger partial charge >= 0.3 is 139 Å². The van der Waals surface area contributed by atoms with Gasteiger partial charge in [-0.25, -0.2) is 0 Å². The summed E-state index contributed by atoms with van der Waals surface area (Å²) in [5.41, 5.74) is 8.52. The van der Waals surface area contributed by atoms with Gasteiger partial charge in [-0.3, -0.25) is 23.8 Å². The number of aliphatic hydroxyl groups is 1. The minimum atomic E-state index is -1.44. The Balaban J connectivity index is -0.000000135. The van der Waals surface area contributed by atoms with Crippen molar-refractivity contribution in [2.75, 3.05) is 64.4 Å². The van der Waals surface area contributed by atoms with Crippen molar-refractivity contribution < 1.29 is 205 Å². The van der Waals surface area contributed by atoms with E-state index < -0.39 is 6.45 Å². The van der Waals surface area contributed by atoms with Crippen molar-refractivity contribution in [3.63, 3.8) is 0 Å². The summed E-state index contributed by atoms with van der Waals surface area (Å²) in [6, 6.07) is 38.1. The first-order valence-corrected chi connectivity index (χ1v) is 45.0. The maximum Gasteiger partial charge on any atom is 1.00 e. The van der Waals surface area contributed by atoms with Crippen LogP contribution in [0.25, 0.3) is 0 Å². The fourth-order valence-electron chi connectivity index (χ4n) is 9.03. The molecule has 23 heteroatoms. The minimum absolute atomic E-state index is 0. The van der Waals surface area contributed by atoms with Gasteiger partial charge in [-0.2, -0.15) is 0 Å². The third-order valence-electron chi connectivity index (χ3n) is 14.7. The Morgan fingerprint density at radius 2 is 0.908 bits per heavy atom. The molecule has 0 spiro atoms. The van der Waals surface area contributed by atoms with Gasteiger partial charge in [0.25, 0.3) is 0 Å². The first kappa shape index (κ1) is 124. The molecule has 0 amide bonds. The van der Waals surface area contributed by atoms with Crippen LogP contribution in [0.5, 0.6) is 11.5 Å². The largest absolute Gasteiger partial charge is 1.00 e. The van der Waals surface area contributed by atoms with Gasteiger partial charge in [0.2, 0.25) is 0 Å². The molecule has 0 bridgehead atoms. The molecule has 2 N–H and O–H groups in total. The molecular weight excluding hydrogens is 1850 g/mol. The Bertz CT molecular complexity index is 2930. The van der Waals surface area contributed by atoms with Crippen LogP contribution >= 0.6 is 82.4 Å². The van der Waals surface area contributed by atoms with Crippen LogP contribution in [0.15, 0.2) is 121 Å². The first-order valence-electron chi connectivity index (χ1n) is 35.9. The van der Waals surface area contributed by atoms with Crippen LogP contribution in [0.1, 0.15) is 212 Å². The van der Waals surface area contributed by atoms with Gasteiger partial charge < -0.3 is 52.3 Å². The number of aryl methyl sites for hydroxylation is 3. The number of phenols is 1. The van der Waals surface area contributed by atoms with E-state index in [0.717, 1.165) is 67.6 Å². The van der Waals surface area contributed by atoms with Gasteiger partial charge in [-0.15, -0.1) is 38.5 Å². The predicted octanol–water partition coefficient (Wildman–Crippen LogP) is 11.2. The van der Waals surface area contributed by atoms with Crippen LogP contribution in [0, 0.1) is 102 Å². The molecule has 11 nitrogen and oxygen atoms in total. The number of hydrogen-bond acceptors (Lipinski definition) is 10. The smallest absolute Gasteiger partial charge is 1.00 e. The molecular formula is C86H118BBr6FK2N2NaO9P+. The second kappa shape index (κ2) is 99.6. The predicted molar refractivity (Wildman–Crippen MR) is 463 cm³/mol. The number of aldehydes is 2. The molecule has 6 rings (SSSR count). The van der Waals surface area contributed by atoms with Crippen LogP contribution in [0.2, 0.25) is 0 Å². The summed E-state index contributed by atoms with van der Waals surface area (Å²) < 4.78 is 27.7. The quantitative estimate of drug-likeness (QED) is 0.00382. The molecule has 1 aliphatic rings. The maximum absolute atomic E-state index is 10.6. The zero-order chi connectivity index (χ0) is 79.1. The number of aromatic hydroxyl groups is 1. The fourth-order valence-corrected chi connectivity index (χ4v) is 9.80. The standard InChI is InChI=1S/C28H40NO.C12H25Br.C9H9N.C8H9Br.C8H10O.C8H8O.C7H6O2.C4H8O.C2H2FO3.B.Br3P.BrH.2K.Na.H/c1-5-9-10-11-12-13-14-15-16-17-25-30-28-20-18-27(19-21-28)26-29(22-6-2,23-7-3)24-8-4;1-2-3-4-5-6-7-8-9-10-11-12-13;1-4-7-10(8-5-2)9-6-3;3*1-7-2-4-8(6-9)5-3-7;8-5-6-1-3-7(9)4-2-6;1-2-4-5-3-1;3-1-5-6-2-4;;1-4(2)3;;;;;/h2-4,18-21H,5,9-17,22-26H2,1H3;2-12H2,1H3;1-3H,7-9H2;2-5H,6H2,1H3;2-5,9H,6H2,1H3;2-6H,1H3;1-5,9H;1-4H2;1-2H;;;1H;;;;/q+1;;;;;;;;-1;;;;3*+1;-1/p-1/i;;;;;;;;2D;;;;;;;. The number of halogens is 7. The Hall–Kier alpha value is -0.752. The van der Waals surface area contributed by atoms with E-state index in [1.54, 1.807) is 12.1 Å². The molecule has 109 heavy (non-hydrogen) atoms. The van der Waals surface area contributed by atoms with E-state index in [1.807, 2.05) is 79.4 Å². The molecule has 5 aromatic carbocycles. The molecule has 3 radical (unpaired) electrons. The van der Waals surface area contributed by atoms with Crippen LogP contribution in [0.3, 0.4) is 0 Å². The molecule has 0 aliphatic carbocycles. The summed E-state index contributed by atoms with van der Waals surface area (Å²) in [4.78, 5) is 37.9. The Kier molecular flexibility index (Phi) is 113. The number of quaternary nitrogens is 1. The van der Waals surface area contributed by atoms with Crippen molar-refractivity contribution >= 4 is 110 Å². The number of terminal acetylenes is 6. The second-order valence-corrected chi connectivity index (χ2v) is 40.4. The van der Waals surface area contributed by atoms with Crippen LogP contribution in [0.4, 0.5) is 4.39 Å². The summed E-state index contributed by atoms with van der Waals surface area (Å²) in [7, 11) is 0. The number of phenolic OH excluding ortho intramolecular Hbond substituents is 1. The average molecular weight is 1970 g/mol. The maximum atomic E-state index is 10.6. The van der Waals surface area contributed by atoms with Gasteiger partial charge in [0, 0.05) is 49.0 Å². The van der Waals surface area contributed by atoms with Crippen molar-refractivity contribution in [2.45, 2.75) is 194 Å². The van der Waals surface area contributed by atoms with E-state index in [2.05, 4.69) is 181 Å². The summed E-state index contributed by atoms with van der Waals surface area (Å²) in [6.07, 6.45) is 62.2. The van der Waals surface area contributed by atoms with Crippen molar-refractivity contribution in [1.82, 2.24) is 4.90 Å². The number of hydrogen-bond donors (Lipinski definition) is 2. The summed E-state index contributed by atoms with van der Waals surface area (Å²) in [5.74, 6) is 16.7. The van der Waals surface area contributed by atoms with Crippen LogP contribution in [-0.2, 0) is 37.8 Å². The number of alkyl halides is 2. The van der Waals surface area contributed by atoms with E-state index in [9.17, 15) is 18.8 Å². The van der Waals surface area contributed by atoms with Gasteiger partial charge in [-0.05, 0) is 177 Å². The third kappa shape index (κ3) is 91.0. The number of unbranched alkanes of at least 4 members (excludes halogenated alkanes) is 18. The average Bonchev–Trinajstić information content (AvgIpc) is 0.947. The molecule has 0 aromatic heterocycles. The number of ether oxygens (including phenoxy) is 2. The number of carbonyl (C=O) groups excluding carboxylic acids is 3. The molecule has 1 aliphatic heterocycles. The van der Waals surface area contributed by atoms with Crippen molar-refractivity contribution in [3.8, 4) is 85.6 Å². The molecule has 1 saturated heterocycles. The van der Waals surface area contributed by atoms with Gasteiger partial charge in [0.05, 0.1) is 32.8 Å². The Labute approximate surface area is 824 Å². The fraction of sp³-hybridized carbons (Fsp3) is 0.465. The summed E-state index contributed by atoms with van der Waals surface area (Å²) >= 11 is 16.3. The summed E-state index contributed by atoms with van der Waals surface area (Å²) in [6.45, 7) is 17.1. The van der Waals surface area contributed by atoms with Crippen LogP contribution < -0.4 is 154 Å². The van der Waals surface area contributed by atoms with Gasteiger partial charge in [0.15, 0.2) is 1.37 Å². The van der Waals surface area contributed by atoms with Crippen molar-refractivity contribution in [1.29, 1.82) is 0 Å². The number of carbonyl (C=O) groups is 3. The molecule has 585 valence electrons. The zero-order valence-electron chi connectivity index (χ0n) is 68.3. The van der Waals surface area contributed by atoms with E-state index in [1.165, 1.54) is 180 Å². The van der Waals surface area contributed by atoms with Gasteiger partial charge in [0.1, 0.15) is 54.3 Å². The molecule has 0 unspecified atom stereocenters. The molecule has 0 saturated carbocycles. The van der Waals surface area contributed by atoms with E-state index in [-0.39, 0.29) is 182 Å². The van der Waals surface area contributed by atoms with E-state index >= 15 is 0 Å².